The highest BCUT2D eigenvalue weighted by Crippen LogP contribution is 2.12. The standard InChI is InChI=1S/C13H11F2NO4/c14-11(15)9(17)6-16-12(18)8-5-7-3-1-2-4-10(7)20-13(8)19/h1-5,9,11,17H,6H2,(H,16,18). The van der Waals surface area contributed by atoms with E-state index in [-0.39, 0.29) is 5.56 Å². The highest BCUT2D eigenvalue weighted by Gasteiger charge is 2.19. The van der Waals surface area contributed by atoms with E-state index in [0.29, 0.717) is 11.0 Å². The molecule has 0 aliphatic carbocycles. The molecule has 1 atom stereocenters. The largest absolute Gasteiger partial charge is 0.422 e. The van der Waals surface area contributed by atoms with Crippen molar-refractivity contribution in [2.75, 3.05) is 6.54 Å². The first kappa shape index (κ1) is 14.1. The Morgan fingerprint density at radius 1 is 1.35 bits per heavy atom. The van der Waals surface area contributed by atoms with Gasteiger partial charge in [-0.3, -0.25) is 4.79 Å². The molecule has 2 rings (SSSR count). The lowest BCUT2D eigenvalue weighted by molar-refractivity contribution is -0.00271. The molecule has 0 aliphatic heterocycles. The van der Waals surface area contributed by atoms with Crippen LogP contribution in [0.15, 0.2) is 39.5 Å². The maximum atomic E-state index is 12.1. The number of fused-ring (bicyclic) bond motifs is 1. The number of carbonyl (C=O) groups is 1. The lowest BCUT2D eigenvalue weighted by Crippen LogP contribution is -2.37. The van der Waals surface area contributed by atoms with E-state index < -0.39 is 30.6 Å². The van der Waals surface area contributed by atoms with Crippen molar-refractivity contribution < 1.29 is 23.1 Å². The number of nitrogens with one attached hydrogen (secondary N) is 1. The number of aliphatic hydroxyl groups excluding tert-OH is 1. The van der Waals surface area contributed by atoms with Crippen LogP contribution in [-0.4, -0.2) is 30.1 Å². The minimum atomic E-state index is -2.97. The SMILES string of the molecule is O=C(NCC(O)C(F)F)c1cc2ccccc2oc1=O. The summed E-state index contributed by atoms with van der Waals surface area (Å²) in [6.07, 6.45) is -4.95. The molecule has 2 N–H and O–H groups in total. The summed E-state index contributed by atoms with van der Waals surface area (Å²) >= 11 is 0. The van der Waals surface area contributed by atoms with Gasteiger partial charge >= 0.3 is 5.63 Å². The van der Waals surface area contributed by atoms with E-state index in [2.05, 4.69) is 5.32 Å². The number of hydrogen-bond donors (Lipinski definition) is 2. The average molecular weight is 283 g/mol. The summed E-state index contributed by atoms with van der Waals surface area (Å²) in [6, 6.07) is 7.89. The van der Waals surface area contributed by atoms with Gasteiger partial charge in [-0.1, -0.05) is 18.2 Å². The first-order valence-electron chi connectivity index (χ1n) is 5.76. The van der Waals surface area contributed by atoms with Crippen LogP contribution in [0.5, 0.6) is 0 Å². The van der Waals surface area contributed by atoms with Crippen molar-refractivity contribution in [3.63, 3.8) is 0 Å². The third-order valence-electron chi connectivity index (χ3n) is 2.65. The fourth-order valence-corrected chi connectivity index (χ4v) is 1.60. The number of halogens is 2. The summed E-state index contributed by atoms with van der Waals surface area (Å²) in [5.74, 6) is -0.871. The zero-order valence-corrected chi connectivity index (χ0v) is 10.2. The second kappa shape index (κ2) is 5.79. The highest BCUT2D eigenvalue weighted by molar-refractivity contribution is 5.96. The second-order valence-electron chi connectivity index (χ2n) is 4.10. The van der Waals surface area contributed by atoms with Gasteiger partial charge in [0.25, 0.3) is 12.3 Å². The summed E-state index contributed by atoms with van der Waals surface area (Å²) in [5, 5.41) is 11.5. The molecule has 1 unspecified atom stereocenters. The van der Waals surface area contributed by atoms with Gasteiger partial charge in [-0.05, 0) is 12.1 Å². The second-order valence-corrected chi connectivity index (χ2v) is 4.10. The van der Waals surface area contributed by atoms with Crippen LogP contribution in [0, 0.1) is 0 Å². The predicted molar refractivity (Wildman–Crippen MR) is 66.8 cm³/mol. The molecule has 7 heteroatoms. The average Bonchev–Trinajstić information content (AvgIpc) is 2.43. The van der Waals surface area contributed by atoms with Crippen LogP contribution in [-0.2, 0) is 0 Å². The van der Waals surface area contributed by atoms with Gasteiger partial charge in [0.1, 0.15) is 17.3 Å². The number of hydrogen-bond acceptors (Lipinski definition) is 4. The molecule has 0 saturated heterocycles. The number of alkyl halides is 2. The molecule has 1 aromatic heterocycles. The van der Waals surface area contributed by atoms with Crippen molar-refractivity contribution in [3.8, 4) is 0 Å². The molecular weight excluding hydrogens is 272 g/mol. The van der Waals surface area contributed by atoms with E-state index in [1.54, 1.807) is 24.3 Å². The van der Waals surface area contributed by atoms with E-state index in [1.165, 1.54) is 6.07 Å². The Kier molecular flexibility index (Phi) is 4.09. The molecule has 1 amide bonds. The molecule has 2 aromatic rings. The third-order valence-corrected chi connectivity index (χ3v) is 2.65. The fourth-order valence-electron chi connectivity index (χ4n) is 1.60. The first-order valence-corrected chi connectivity index (χ1v) is 5.76. The lowest BCUT2D eigenvalue weighted by Gasteiger charge is -2.10. The van der Waals surface area contributed by atoms with Crippen LogP contribution >= 0.6 is 0 Å². The summed E-state index contributed by atoms with van der Waals surface area (Å²) in [4.78, 5) is 23.3. The summed E-state index contributed by atoms with van der Waals surface area (Å²) < 4.78 is 29.1. The Balaban J connectivity index is 2.22. The van der Waals surface area contributed by atoms with Crippen molar-refractivity contribution in [2.24, 2.45) is 0 Å². The van der Waals surface area contributed by atoms with Crippen LogP contribution in [0.3, 0.4) is 0 Å². The van der Waals surface area contributed by atoms with Crippen LogP contribution in [0.4, 0.5) is 8.78 Å². The maximum Gasteiger partial charge on any atom is 0.349 e. The predicted octanol–water partition coefficient (Wildman–Crippen LogP) is 1.15. The van der Waals surface area contributed by atoms with Crippen molar-refractivity contribution >= 4 is 16.9 Å². The molecule has 1 aromatic carbocycles. The highest BCUT2D eigenvalue weighted by atomic mass is 19.3. The molecular formula is C13H11F2NO4. The topological polar surface area (TPSA) is 79.5 Å². The normalized spacial score (nSPS) is 12.6. The maximum absolute atomic E-state index is 12.1. The molecule has 0 bridgehead atoms. The van der Waals surface area contributed by atoms with Gasteiger partial charge in [-0.2, -0.15) is 0 Å². The van der Waals surface area contributed by atoms with Crippen molar-refractivity contribution in [1.82, 2.24) is 5.32 Å². The van der Waals surface area contributed by atoms with Crippen LogP contribution in [0.25, 0.3) is 11.0 Å². The molecule has 5 nitrogen and oxygen atoms in total. The number of carbonyl (C=O) groups excluding carboxylic acids is 1. The summed E-state index contributed by atoms with van der Waals surface area (Å²) in [5.41, 5.74) is -0.848. The van der Waals surface area contributed by atoms with Gasteiger partial charge in [0.15, 0.2) is 0 Å². The number of benzene rings is 1. The molecule has 0 spiro atoms. The molecule has 0 aliphatic rings. The number of rotatable bonds is 4. The third kappa shape index (κ3) is 3.00. The van der Waals surface area contributed by atoms with Crippen LogP contribution in [0.2, 0.25) is 0 Å². The Morgan fingerprint density at radius 3 is 2.75 bits per heavy atom. The van der Waals surface area contributed by atoms with E-state index in [4.69, 9.17) is 9.52 Å². The number of amides is 1. The van der Waals surface area contributed by atoms with Gasteiger partial charge in [-0.25, -0.2) is 13.6 Å². The molecule has 0 fully saturated rings. The quantitative estimate of drug-likeness (QED) is 0.825. The van der Waals surface area contributed by atoms with E-state index in [0.717, 1.165) is 0 Å². The zero-order chi connectivity index (χ0) is 14.7. The Morgan fingerprint density at radius 2 is 2.05 bits per heavy atom. The fraction of sp³-hybridized carbons (Fsp3) is 0.231. The Labute approximate surface area is 111 Å². The minimum absolute atomic E-state index is 0.301. The molecule has 1 heterocycles. The number of para-hydroxylation sites is 1. The zero-order valence-electron chi connectivity index (χ0n) is 10.2. The Bertz CT molecular complexity index is 683. The van der Waals surface area contributed by atoms with Gasteiger partial charge in [0.05, 0.1) is 0 Å². The molecule has 106 valence electrons. The first-order chi connectivity index (χ1) is 9.49. The molecule has 0 radical (unpaired) electrons. The van der Waals surface area contributed by atoms with Crippen molar-refractivity contribution in [2.45, 2.75) is 12.5 Å². The molecule has 20 heavy (non-hydrogen) atoms. The lowest BCUT2D eigenvalue weighted by atomic mass is 10.2. The van der Waals surface area contributed by atoms with Crippen LogP contribution in [0.1, 0.15) is 10.4 Å². The summed E-state index contributed by atoms with van der Waals surface area (Å²) in [6.45, 7) is -0.650. The van der Waals surface area contributed by atoms with Crippen molar-refractivity contribution in [3.05, 3.63) is 46.3 Å². The van der Waals surface area contributed by atoms with Gasteiger partial charge in [0.2, 0.25) is 0 Å². The monoisotopic (exact) mass is 283 g/mol. The molecule has 0 saturated carbocycles. The minimum Gasteiger partial charge on any atom is -0.422 e. The van der Waals surface area contributed by atoms with Crippen LogP contribution < -0.4 is 10.9 Å². The van der Waals surface area contributed by atoms with Gasteiger partial charge in [-0.15, -0.1) is 0 Å². The number of aliphatic hydroxyl groups is 1. The van der Waals surface area contributed by atoms with Crippen molar-refractivity contribution in [1.29, 1.82) is 0 Å². The van der Waals surface area contributed by atoms with E-state index >= 15 is 0 Å². The van der Waals surface area contributed by atoms with E-state index in [9.17, 15) is 18.4 Å². The van der Waals surface area contributed by atoms with Gasteiger partial charge in [0, 0.05) is 11.9 Å². The summed E-state index contributed by atoms with van der Waals surface area (Å²) in [7, 11) is 0. The van der Waals surface area contributed by atoms with E-state index in [1.807, 2.05) is 0 Å². The van der Waals surface area contributed by atoms with Gasteiger partial charge < -0.3 is 14.8 Å². The Hall–Kier alpha value is -2.28. The smallest absolute Gasteiger partial charge is 0.349 e.